The number of halogens is 3. The van der Waals surface area contributed by atoms with Crippen LogP contribution in [0.15, 0.2) is 42.5 Å². The summed E-state index contributed by atoms with van der Waals surface area (Å²) in [6, 6.07) is 8.94. The average Bonchev–Trinajstić information content (AvgIpc) is 2.71. The number of benzene rings is 2. The Kier molecular flexibility index (Phi) is 8.27. The van der Waals surface area contributed by atoms with Gasteiger partial charge in [0.05, 0.1) is 22.0 Å². The molecule has 168 valence electrons. The molecule has 2 rings (SSSR count). The van der Waals surface area contributed by atoms with Gasteiger partial charge in [-0.05, 0) is 36.8 Å². The number of hydrogen-bond donors (Lipinski definition) is 1. The minimum Gasteiger partial charge on any atom is -0.357 e. The van der Waals surface area contributed by atoms with E-state index in [2.05, 4.69) is 5.32 Å². The molecule has 7 nitrogen and oxygen atoms in total. The van der Waals surface area contributed by atoms with Crippen LogP contribution in [0.1, 0.15) is 12.5 Å². The summed E-state index contributed by atoms with van der Waals surface area (Å²) in [5.41, 5.74) is 0.608. The van der Waals surface area contributed by atoms with Crippen LogP contribution in [0, 0.1) is 5.82 Å². The van der Waals surface area contributed by atoms with Crippen molar-refractivity contribution >= 4 is 50.7 Å². The summed E-state index contributed by atoms with van der Waals surface area (Å²) in [6.07, 6.45) is 0.935. The number of sulfonamides is 1. The maximum atomic E-state index is 13.2. The Morgan fingerprint density at radius 3 is 2.29 bits per heavy atom. The Balaban J connectivity index is 2.42. The van der Waals surface area contributed by atoms with Crippen molar-refractivity contribution in [2.75, 3.05) is 24.2 Å². The summed E-state index contributed by atoms with van der Waals surface area (Å²) in [7, 11) is -2.50. The lowest BCUT2D eigenvalue weighted by Gasteiger charge is -2.31. The fourth-order valence-electron chi connectivity index (χ4n) is 2.86. The third-order valence-corrected chi connectivity index (χ3v) is 6.49. The first-order valence-electron chi connectivity index (χ1n) is 9.13. The first-order chi connectivity index (χ1) is 14.5. The first kappa shape index (κ1) is 24.9. The summed E-state index contributed by atoms with van der Waals surface area (Å²) >= 11 is 12.2. The van der Waals surface area contributed by atoms with Crippen molar-refractivity contribution in [1.29, 1.82) is 0 Å². The van der Waals surface area contributed by atoms with E-state index in [1.165, 1.54) is 61.3 Å². The number of likely N-dealkylation sites (N-methyl/N-ethyl adjacent to an activating group) is 1. The van der Waals surface area contributed by atoms with E-state index in [4.69, 9.17) is 23.2 Å². The highest BCUT2D eigenvalue weighted by atomic mass is 35.5. The minimum absolute atomic E-state index is 0.0215. The summed E-state index contributed by atoms with van der Waals surface area (Å²) in [5.74, 6) is -1.54. The standard InChI is InChI=1S/C20H22Cl2FN3O4S/c1-13(20(28)24-2)25(11-14-7-9-15(23)10-8-14)18(27)12-26(31(3,29)30)17-6-4-5-16(21)19(17)22/h4-10,13H,11-12H2,1-3H3,(H,24,28). The van der Waals surface area contributed by atoms with E-state index in [-0.39, 0.29) is 22.3 Å². The van der Waals surface area contributed by atoms with E-state index in [1.54, 1.807) is 0 Å². The molecule has 0 aliphatic heterocycles. The maximum absolute atomic E-state index is 13.2. The van der Waals surface area contributed by atoms with E-state index in [1.807, 2.05) is 0 Å². The lowest BCUT2D eigenvalue weighted by Crippen LogP contribution is -2.50. The lowest BCUT2D eigenvalue weighted by molar-refractivity contribution is -0.139. The number of anilines is 1. The largest absolute Gasteiger partial charge is 0.357 e. The van der Waals surface area contributed by atoms with Gasteiger partial charge in [0.25, 0.3) is 0 Å². The number of hydrogen-bond acceptors (Lipinski definition) is 4. The SMILES string of the molecule is CNC(=O)C(C)N(Cc1ccc(F)cc1)C(=O)CN(c1cccc(Cl)c1Cl)S(C)(=O)=O. The molecule has 2 amide bonds. The Morgan fingerprint density at radius 1 is 1.13 bits per heavy atom. The van der Waals surface area contributed by atoms with Crippen molar-refractivity contribution in [2.45, 2.75) is 19.5 Å². The van der Waals surface area contributed by atoms with E-state index < -0.39 is 40.2 Å². The highest BCUT2D eigenvalue weighted by Gasteiger charge is 2.30. The van der Waals surface area contributed by atoms with Gasteiger partial charge in [-0.15, -0.1) is 0 Å². The third-order valence-electron chi connectivity index (χ3n) is 4.56. The van der Waals surface area contributed by atoms with Gasteiger partial charge >= 0.3 is 0 Å². The Hall–Kier alpha value is -2.36. The molecule has 1 N–H and O–H groups in total. The van der Waals surface area contributed by atoms with Gasteiger partial charge in [-0.3, -0.25) is 13.9 Å². The summed E-state index contributed by atoms with van der Waals surface area (Å²) in [5, 5.41) is 2.57. The Labute approximate surface area is 190 Å². The van der Waals surface area contributed by atoms with Crippen LogP contribution in [0.2, 0.25) is 10.0 Å². The number of nitrogens with zero attached hydrogens (tertiary/aromatic N) is 2. The molecule has 2 aromatic rings. The van der Waals surface area contributed by atoms with Gasteiger partial charge in [0.1, 0.15) is 18.4 Å². The molecule has 0 heterocycles. The lowest BCUT2D eigenvalue weighted by atomic mass is 10.1. The minimum atomic E-state index is -3.92. The van der Waals surface area contributed by atoms with E-state index in [9.17, 15) is 22.4 Å². The highest BCUT2D eigenvalue weighted by molar-refractivity contribution is 7.92. The smallest absolute Gasteiger partial charge is 0.244 e. The molecule has 2 aromatic carbocycles. The molecule has 31 heavy (non-hydrogen) atoms. The second-order valence-corrected chi connectivity index (χ2v) is 9.47. The molecule has 0 bridgehead atoms. The monoisotopic (exact) mass is 489 g/mol. The zero-order valence-electron chi connectivity index (χ0n) is 17.1. The van der Waals surface area contributed by atoms with Gasteiger partial charge in [-0.25, -0.2) is 12.8 Å². The van der Waals surface area contributed by atoms with Crippen molar-refractivity contribution in [3.63, 3.8) is 0 Å². The van der Waals surface area contributed by atoms with Crippen molar-refractivity contribution < 1.29 is 22.4 Å². The maximum Gasteiger partial charge on any atom is 0.244 e. The van der Waals surface area contributed by atoms with Gasteiger partial charge in [0.2, 0.25) is 21.8 Å². The van der Waals surface area contributed by atoms with Crippen molar-refractivity contribution in [2.24, 2.45) is 0 Å². The molecule has 0 saturated carbocycles. The normalized spacial score (nSPS) is 12.2. The quantitative estimate of drug-likeness (QED) is 0.617. The Morgan fingerprint density at radius 2 is 1.74 bits per heavy atom. The molecule has 0 aliphatic carbocycles. The first-order valence-corrected chi connectivity index (χ1v) is 11.7. The Bertz CT molecular complexity index is 1060. The number of amides is 2. The number of carbonyl (C=O) groups excluding carboxylic acids is 2. The summed E-state index contributed by atoms with van der Waals surface area (Å²) in [4.78, 5) is 26.6. The van der Waals surface area contributed by atoms with Crippen LogP contribution in [-0.4, -0.2) is 51.0 Å². The number of carbonyl (C=O) groups is 2. The predicted octanol–water partition coefficient (Wildman–Crippen LogP) is 3.06. The zero-order valence-corrected chi connectivity index (χ0v) is 19.4. The van der Waals surface area contributed by atoms with E-state index in [0.29, 0.717) is 5.56 Å². The van der Waals surface area contributed by atoms with E-state index >= 15 is 0 Å². The third kappa shape index (κ3) is 6.32. The van der Waals surface area contributed by atoms with Gasteiger partial charge in [-0.2, -0.15) is 0 Å². The number of nitrogens with one attached hydrogen (secondary N) is 1. The zero-order chi connectivity index (χ0) is 23.3. The van der Waals surface area contributed by atoms with Gasteiger partial charge in [0.15, 0.2) is 0 Å². The summed E-state index contributed by atoms with van der Waals surface area (Å²) < 4.78 is 39.0. The molecule has 11 heteroatoms. The molecule has 1 atom stereocenters. The molecule has 1 unspecified atom stereocenters. The van der Waals surface area contributed by atoms with Crippen LogP contribution in [0.5, 0.6) is 0 Å². The van der Waals surface area contributed by atoms with Crippen LogP contribution >= 0.6 is 23.2 Å². The van der Waals surface area contributed by atoms with Gasteiger partial charge in [-0.1, -0.05) is 41.4 Å². The van der Waals surface area contributed by atoms with Gasteiger partial charge in [0, 0.05) is 13.6 Å². The average molecular weight is 490 g/mol. The fraction of sp³-hybridized carbons (Fsp3) is 0.300. The van der Waals surface area contributed by atoms with Gasteiger partial charge < -0.3 is 10.2 Å². The van der Waals surface area contributed by atoms with Crippen LogP contribution in [0.4, 0.5) is 10.1 Å². The molecular formula is C20H22Cl2FN3O4S. The fourth-order valence-corrected chi connectivity index (χ4v) is 4.16. The topological polar surface area (TPSA) is 86.8 Å². The second-order valence-electron chi connectivity index (χ2n) is 6.78. The second kappa shape index (κ2) is 10.3. The molecular weight excluding hydrogens is 468 g/mol. The van der Waals surface area contributed by atoms with E-state index in [0.717, 1.165) is 10.6 Å². The number of rotatable bonds is 8. The van der Waals surface area contributed by atoms with Crippen molar-refractivity contribution in [3.8, 4) is 0 Å². The summed E-state index contributed by atoms with van der Waals surface area (Å²) in [6.45, 7) is 0.868. The van der Waals surface area contributed by atoms with Crippen LogP contribution < -0.4 is 9.62 Å². The van der Waals surface area contributed by atoms with Crippen LogP contribution in [-0.2, 0) is 26.2 Å². The van der Waals surface area contributed by atoms with Crippen molar-refractivity contribution in [1.82, 2.24) is 10.2 Å². The van der Waals surface area contributed by atoms with Crippen molar-refractivity contribution in [3.05, 3.63) is 63.9 Å². The molecule has 0 aliphatic rings. The molecule has 0 fully saturated rings. The molecule has 0 spiro atoms. The van der Waals surface area contributed by atoms with Crippen LogP contribution in [0.3, 0.4) is 0 Å². The van der Waals surface area contributed by atoms with Crippen LogP contribution in [0.25, 0.3) is 0 Å². The molecule has 0 aromatic heterocycles. The highest BCUT2D eigenvalue weighted by Crippen LogP contribution is 2.33. The predicted molar refractivity (Wildman–Crippen MR) is 119 cm³/mol. The molecule has 0 radical (unpaired) electrons. The molecule has 0 saturated heterocycles.